The molecule has 0 radical (unpaired) electrons. The summed E-state index contributed by atoms with van der Waals surface area (Å²) in [6.07, 6.45) is 1.65. The SMILES string of the molecule is CC(C)(C)Nc1ccnc(C(=O)Nc2ccccc2C(C)(C)C)c1. The lowest BCUT2D eigenvalue weighted by Gasteiger charge is -2.23. The van der Waals surface area contributed by atoms with Crippen LogP contribution >= 0.6 is 0 Å². The fraction of sp³-hybridized carbons (Fsp3) is 0.400. The number of benzene rings is 1. The molecule has 1 heterocycles. The van der Waals surface area contributed by atoms with E-state index < -0.39 is 0 Å². The van der Waals surface area contributed by atoms with Crippen molar-refractivity contribution in [3.63, 3.8) is 0 Å². The van der Waals surface area contributed by atoms with Crippen molar-refractivity contribution in [2.24, 2.45) is 0 Å². The first-order valence-electron chi connectivity index (χ1n) is 8.21. The molecule has 0 aliphatic heterocycles. The smallest absolute Gasteiger partial charge is 0.274 e. The molecular weight excluding hydrogens is 298 g/mol. The second kappa shape index (κ2) is 6.63. The van der Waals surface area contributed by atoms with Gasteiger partial charge >= 0.3 is 0 Å². The molecule has 0 fully saturated rings. The number of para-hydroxylation sites is 1. The molecule has 1 aromatic heterocycles. The third-order valence-electron chi connectivity index (χ3n) is 3.50. The summed E-state index contributed by atoms with van der Waals surface area (Å²) in [6, 6.07) is 11.5. The Hall–Kier alpha value is -2.36. The number of nitrogens with one attached hydrogen (secondary N) is 2. The lowest BCUT2D eigenvalue weighted by atomic mass is 9.86. The Morgan fingerprint density at radius 2 is 1.67 bits per heavy atom. The largest absolute Gasteiger partial charge is 0.380 e. The van der Waals surface area contributed by atoms with Crippen molar-refractivity contribution in [1.82, 2.24) is 4.98 Å². The monoisotopic (exact) mass is 325 g/mol. The predicted molar refractivity (Wildman–Crippen MR) is 101 cm³/mol. The van der Waals surface area contributed by atoms with Gasteiger partial charge in [0.25, 0.3) is 5.91 Å². The van der Waals surface area contributed by atoms with Crippen molar-refractivity contribution < 1.29 is 4.79 Å². The zero-order chi connectivity index (χ0) is 18.0. The molecule has 4 heteroatoms. The minimum absolute atomic E-state index is 0.0487. The van der Waals surface area contributed by atoms with Crippen LogP contribution in [0.3, 0.4) is 0 Å². The van der Waals surface area contributed by atoms with Crippen LogP contribution in [0.25, 0.3) is 0 Å². The fourth-order valence-electron chi connectivity index (χ4n) is 2.50. The van der Waals surface area contributed by atoms with Gasteiger partial charge in [-0.15, -0.1) is 0 Å². The first kappa shape index (κ1) is 18.0. The van der Waals surface area contributed by atoms with Gasteiger partial charge in [0.05, 0.1) is 0 Å². The van der Waals surface area contributed by atoms with Crippen molar-refractivity contribution >= 4 is 17.3 Å². The number of rotatable bonds is 3. The maximum atomic E-state index is 12.6. The van der Waals surface area contributed by atoms with E-state index in [0.717, 1.165) is 16.9 Å². The Labute approximate surface area is 144 Å². The van der Waals surface area contributed by atoms with Gasteiger partial charge in [-0.25, -0.2) is 0 Å². The number of carbonyl (C=O) groups is 1. The molecular formula is C20H27N3O. The number of aromatic nitrogens is 1. The van der Waals surface area contributed by atoms with E-state index in [4.69, 9.17) is 0 Å². The molecule has 2 aromatic rings. The van der Waals surface area contributed by atoms with E-state index >= 15 is 0 Å². The van der Waals surface area contributed by atoms with Crippen molar-refractivity contribution in [3.8, 4) is 0 Å². The van der Waals surface area contributed by atoms with E-state index in [0.29, 0.717) is 5.69 Å². The second-order valence-electron chi connectivity index (χ2n) is 8.05. The van der Waals surface area contributed by atoms with Gasteiger partial charge in [0, 0.05) is 23.1 Å². The number of nitrogens with zero attached hydrogens (tertiary/aromatic N) is 1. The van der Waals surface area contributed by atoms with Gasteiger partial charge < -0.3 is 10.6 Å². The molecule has 1 aromatic carbocycles. The maximum Gasteiger partial charge on any atom is 0.274 e. The minimum atomic E-state index is -0.204. The molecule has 128 valence electrons. The summed E-state index contributed by atoms with van der Waals surface area (Å²) < 4.78 is 0. The quantitative estimate of drug-likeness (QED) is 0.849. The van der Waals surface area contributed by atoms with Crippen LogP contribution in [-0.4, -0.2) is 16.4 Å². The highest BCUT2D eigenvalue weighted by atomic mass is 16.1. The third-order valence-corrected chi connectivity index (χ3v) is 3.50. The molecule has 0 aliphatic rings. The first-order chi connectivity index (χ1) is 11.1. The van der Waals surface area contributed by atoms with Crippen molar-refractivity contribution in [3.05, 3.63) is 53.9 Å². The first-order valence-corrected chi connectivity index (χ1v) is 8.21. The predicted octanol–water partition coefficient (Wildman–Crippen LogP) is 4.84. The highest BCUT2D eigenvalue weighted by Crippen LogP contribution is 2.29. The van der Waals surface area contributed by atoms with Gasteiger partial charge in [-0.3, -0.25) is 9.78 Å². The highest BCUT2D eigenvalue weighted by Gasteiger charge is 2.19. The van der Waals surface area contributed by atoms with Crippen molar-refractivity contribution in [2.75, 3.05) is 10.6 Å². The summed E-state index contributed by atoms with van der Waals surface area (Å²) >= 11 is 0. The standard InChI is InChI=1S/C20H27N3O/c1-19(2,3)15-9-7-8-10-16(15)22-18(24)17-13-14(11-12-21-17)23-20(4,5)6/h7-13H,1-6H3,(H,21,23)(H,22,24). The van der Waals surface area contributed by atoms with Crippen LogP contribution in [0.1, 0.15) is 57.6 Å². The Kier molecular flexibility index (Phi) is 4.97. The van der Waals surface area contributed by atoms with Gasteiger partial charge in [0.15, 0.2) is 0 Å². The average molecular weight is 325 g/mol. The maximum absolute atomic E-state index is 12.6. The molecule has 0 unspecified atom stereocenters. The molecule has 0 aliphatic carbocycles. The van der Waals surface area contributed by atoms with Crippen LogP contribution in [0.5, 0.6) is 0 Å². The van der Waals surface area contributed by atoms with E-state index in [1.807, 2.05) is 30.3 Å². The fourth-order valence-corrected chi connectivity index (χ4v) is 2.50. The molecule has 0 saturated heterocycles. The number of hydrogen-bond acceptors (Lipinski definition) is 3. The van der Waals surface area contributed by atoms with Gasteiger partial charge in [0.2, 0.25) is 0 Å². The molecule has 2 rings (SSSR count). The average Bonchev–Trinajstić information content (AvgIpc) is 2.45. The highest BCUT2D eigenvalue weighted by molar-refractivity contribution is 6.03. The third kappa shape index (κ3) is 4.82. The molecule has 2 N–H and O–H groups in total. The lowest BCUT2D eigenvalue weighted by molar-refractivity contribution is 0.102. The second-order valence-corrected chi connectivity index (χ2v) is 8.05. The van der Waals surface area contributed by atoms with E-state index in [1.54, 1.807) is 12.3 Å². The molecule has 0 spiro atoms. The van der Waals surface area contributed by atoms with Crippen molar-refractivity contribution in [2.45, 2.75) is 52.5 Å². The summed E-state index contributed by atoms with van der Waals surface area (Å²) in [5, 5.41) is 6.35. The van der Waals surface area contributed by atoms with Gasteiger partial charge in [-0.1, -0.05) is 39.0 Å². The molecule has 1 amide bonds. The Bertz CT molecular complexity index is 724. The number of carbonyl (C=O) groups excluding carboxylic acids is 1. The Morgan fingerprint density at radius 3 is 2.29 bits per heavy atom. The van der Waals surface area contributed by atoms with Crippen LogP contribution in [0, 0.1) is 0 Å². The molecule has 24 heavy (non-hydrogen) atoms. The molecule has 0 bridgehead atoms. The number of hydrogen-bond donors (Lipinski definition) is 2. The number of amides is 1. The van der Waals surface area contributed by atoms with Crippen LogP contribution in [-0.2, 0) is 5.41 Å². The van der Waals surface area contributed by atoms with E-state index in [-0.39, 0.29) is 16.9 Å². The van der Waals surface area contributed by atoms with Crippen LogP contribution in [0.2, 0.25) is 0 Å². The van der Waals surface area contributed by atoms with E-state index in [1.165, 1.54) is 0 Å². The summed E-state index contributed by atoms with van der Waals surface area (Å²) in [4.78, 5) is 16.8. The summed E-state index contributed by atoms with van der Waals surface area (Å²) in [6.45, 7) is 12.6. The Morgan fingerprint density at radius 1 is 1.00 bits per heavy atom. The zero-order valence-corrected chi connectivity index (χ0v) is 15.4. The minimum Gasteiger partial charge on any atom is -0.380 e. The van der Waals surface area contributed by atoms with E-state index in [9.17, 15) is 4.79 Å². The Balaban J connectivity index is 2.24. The molecule has 4 nitrogen and oxygen atoms in total. The topological polar surface area (TPSA) is 54.0 Å². The molecule has 0 atom stereocenters. The summed E-state index contributed by atoms with van der Waals surface area (Å²) in [5.41, 5.74) is 3.08. The van der Waals surface area contributed by atoms with Gasteiger partial charge in [-0.2, -0.15) is 0 Å². The number of anilines is 2. The van der Waals surface area contributed by atoms with Crippen LogP contribution in [0.4, 0.5) is 11.4 Å². The van der Waals surface area contributed by atoms with Crippen LogP contribution in [0.15, 0.2) is 42.6 Å². The van der Waals surface area contributed by atoms with Crippen molar-refractivity contribution in [1.29, 1.82) is 0 Å². The lowest BCUT2D eigenvalue weighted by Crippen LogP contribution is -2.26. The van der Waals surface area contributed by atoms with Gasteiger partial charge in [0.1, 0.15) is 5.69 Å². The molecule has 0 saturated carbocycles. The van der Waals surface area contributed by atoms with Gasteiger partial charge in [-0.05, 0) is 49.9 Å². The van der Waals surface area contributed by atoms with E-state index in [2.05, 4.69) is 57.2 Å². The normalized spacial score (nSPS) is 11.9. The summed E-state index contributed by atoms with van der Waals surface area (Å²) in [5.74, 6) is -0.204. The number of pyridine rings is 1. The van der Waals surface area contributed by atoms with Crippen LogP contribution < -0.4 is 10.6 Å². The summed E-state index contributed by atoms with van der Waals surface area (Å²) in [7, 11) is 0. The zero-order valence-electron chi connectivity index (χ0n) is 15.4.